The zero-order chi connectivity index (χ0) is 15.1. The highest BCUT2D eigenvalue weighted by Gasteiger charge is 2.08. The highest BCUT2D eigenvalue weighted by Crippen LogP contribution is 2.27. The Balaban J connectivity index is 1.75. The quantitative estimate of drug-likeness (QED) is 0.852. The van der Waals surface area contributed by atoms with E-state index in [2.05, 4.69) is 24.4 Å². The normalized spacial score (nSPS) is 11.9. The van der Waals surface area contributed by atoms with Crippen molar-refractivity contribution < 1.29 is 4.79 Å². The van der Waals surface area contributed by atoms with Gasteiger partial charge in [0, 0.05) is 16.8 Å². The van der Waals surface area contributed by atoms with E-state index < -0.39 is 0 Å². The smallest absolute Gasteiger partial charge is 0.230 e. The number of benzene rings is 2. The van der Waals surface area contributed by atoms with Gasteiger partial charge in [-0.05, 0) is 30.2 Å². The van der Waals surface area contributed by atoms with Crippen molar-refractivity contribution in [3.8, 4) is 0 Å². The number of rotatable bonds is 6. The number of hydrogen-bond acceptors (Lipinski definition) is 2. The lowest BCUT2D eigenvalue weighted by Gasteiger charge is -2.11. The van der Waals surface area contributed by atoms with E-state index in [1.54, 1.807) is 11.8 Å². The van der Waals surface area contributed by atoms with Gasteiger partial charge in [0.2, 0.25) is 5.91 Å². The molecule has 0 aliphatic carbocycles. The van der Waals surface area contributed by atoms with Gasteiger partial charge in [0.15, 0.2) is 0 Å². The van der Waals surface area contributed by atoms with Crippen molar-refractivity contribution in [2.75, 3.05) is 5.75 Å². The van der Waals surface area contributed by atoms with E-state index in [9.17, 15) is 4.79 Å². The van der Waals surface area contributed by atoms with Gasteiger partial charge in [-0.25, -0.2) is 0 Å². The Bertz CT molecular complexity index is 588. The predicted octanol–water partition coefficient (Wildman–Crippen LogP) is 4.45. The van der Waals surface area contributed by atoms with Crippen LogP contribution in [-0.2, 0) is 11.3 Å². The molecular formula is C17H18ClNOS. The summed E-state index contributed by atoms with van der Waals surface area (Å²) >= 11 is 7.55. The summed E-state index contributed by atoms with van der Waals surface area (Å²) in [5.41, 5.74) is 2.25. The van der Waals surface area contributed by atoms with E-state index in [-0.39, 0.29) is 5.91 Å². The third-order valence-electron chi connectivity index (χ3n) is 3.11. The number of carbonyl (C=O) groups excluding carboxylic acids is 1. The van der Waals surface area contributed by atoms with E-state index in [0.29, 0.717) is 22.6 Å². The molecule has 0 bridgehead atoms. The van der Waals surface area contributed by atoms with Crippen molar-refractivity contribution in [1.29, 1.82) is 0 Å². The van der Waals surface area contributed by atoms with Crippen LogP contribution in [0.3, 0.4) is 0 Å². The molecule has 0 aliphatic rings. The molecule has 4 heteroatoms. The fourth-order valence-corrected chi connectivity index (χ4v) is 2.99. The van der Waals surface area contributed by atoms with Gasteiger partial charge in [0.1, 0.15) is 0 Å². The van der Waals surface area contributed by atoms with Gasteiger partial charge < -0.3 is 5.32 Å². The molecule has 110 valence electrons. The first-order chi connectivity index (χ1) is 10.1. The molecule has 1 N–H and O–H groups in total. The first-order valence-corrected chi connectivity index (χ1v) is 8.25. The fraction of sp³-hybridized carbons (Fsp3) is 0.235. The van der Waals surface area contributed by atoms with Crippen LogP contribution in [0.4, 0.5) is 0 Å². The molecule has 0 radical (unpaired) electrons. The van der Waals surface area contributed by atoms with Gasteiger partial charge in [-0.15, -0.1) is 11.8 Å². The Hall–Kier alpha value is -1.45. The van der Waals surface area contributed by atoms with Crippen LogP contribution in [0, 0.1) is 0 Å². The van der Waals surface area contributed by atoms with Crippen LogP contribution in [0.25, 0.3) is 0 Å². The number of halogens is 1. The van der Waals surface area contributed by atoms with Crippen molar-refractivity contribution in [1.82, 2.24) is 5.32 Å². The van der Waals surface area contributed by atoms with Gasteiger partial charge in [-0.1, -0.05) is 54.1 Å². The summed E-state index contributed by atoms with van der Waals surface area (Å²) in [4.78, 5) is 11.9. The number of thioether (sulfide) groups is 1. The molecule has 0 saturated heterocycles. The standard InChI is InChI=1S/C17H18ClNOS/c1-13(15-7-3-2-4-8-15)21-12-17(20)19-11-14-6-5-9-16(18)10-14/h2-10,13H,11-12H2,1H3,(H,19,20)/t13-/m1/s1. The second-order valence-electron chi connectivity index (χ2n) is 4.77. The second kappa shape index (κ2) is 8.11. The van der Waals surface area contributed by atoms with Crippen LogP contribution in [0.1, 0.15) is 23.3 Å². The number of amides is 1. The lowest BCUT2D eigenvalue weighted by atomic mass is 10.2. The van der Waals surface area contributed by atoms with E-state index in [4.69, 9.17) is 11.6 Å². The van der Waals surface area contributed by atoms with Crippen LogP contribution < -0.4 is 5.32 Å². The van der Waals surface area contributed by atoms with E-state index in [1.807, 2.05) is 42.5 Å². The lowest BCUT2D eigenvalue weighted by Crippen LogP contribution is -2.24. The van der Waals surface area contributed by atoms with Crippen molar-refractivity contribution in [2.24, 2.45) is 0 Å². The topological polar surface area (TPSA) is 29.1 Å². The van der Waals surface area contributed by atoms with Crippen LogP contribution in [-0.4, -0.2) is 11.7 Å². The largest absolute Gasteiger partial charge is 0.351 e. The SMILES string of the molecule is C[C@@H](SCC(=O)NCc1cccc(Cl)c1)c1ccccc1. The highest BCUT2D eigenvalue weighted by atomic mass is 35.5. The summed E-state index contributed by atoms with van der Waals surface area (Å²) in [5, 5.41) is 3.91. The van der Waals surface area contributed by atoms with Crippen molar-refractivity contribution in [3.05, 3.63) is 70.7 Å². The van der Waals surface area contributed by atoms with Crippen LogP contribution in [0.2, 0.25) is 5.02 Å². The van der Waals surface area contributed by atoms with Gasteiger partial charge in [-0.2, -0.15) is 0 Å². The molecule has 2 aromatic carbocycles. The maximum Gasteiger partial charge on any atom is 0.230 e. The fourth-order valence-electron chi connectivity index (χ4n) is 1.92. The minimum Gasteiger partial charge on any atom is -0.351 e. The van der Waals surface area contributed by atoms with E-state index >= 15 is 0 Å². The molecule has 1 atom stereocenters. The molecule has 0 saturated carbocycles. The van der Waals surface area contributed by atoms with Crippen LogP contribution >= 0.6 is 23.4 Å². The Kier molecular flexibility index (Phi) is 6.15. The molecule has 2 aromatic rings. The summed E-state index contributed by atoms with van der Waals surface area (Å²) in [6, 6.07) is 17.7. The molecule has 0 aliphatic heterocycles. The average Bonchev–Trinajstić information content (AvgIpc) is 2.51. The number of hydrogen-bond donors (Lipinski definition) is 1. The van der Waals surface area contributed by atoms with Crippen molar-refractivity contribution in [2.45, 2.75) is 18.7 Å². The highest BCUT2D eigenvalue weighted by molar-refractivity contribution is 8.00. The van der Waals surface area contributed by atoms with Gasteiger partial charge >= 0.3 is 0 Å². The Labute approximate surface area is 134 Å². The van der Waals surface area contributed by atoms with E-state index in [1.165, 1.54) is 5.56 Å². The molecule has 1 amide bonds. The van der Waals surface area contributed by atoms with Gasteiger partial charge in [0.05, 0.1) is 5.75 Å². The summed E-state index contributed by atoms with van der Waals surface area (Å²) < 4.78 is 0. The molecule has 0 aromatic heterocycles. The maximum absolute atomic E-state index is 11.9. The number of carbonyl (C=O) groups is 1. The van der Waals surface area contributed by atoms with Crippen molar-refractivity contribution >= 4 is 29.3 Å². The predicted molar refractivity (Wildman–Crippen MR) is 90.6 cm³/mol. The molecule has 21 heavy (non-hydrogen) atoms. The molecule has 2 nitrogen and oxygen atoms in total. The maximum atomic E-state index is 11.9. The lowest BCUT2D eigenvalue weighted by molar-refractivity contribution is -0.118. The number of nitrogens with one attached hydrogen (secondary N) is 1. The van der Waals surface area contributed by atoms with Crippen LogP contribution in [0.5, 0.6) is 0 Å². The molecule has 2 rings (SSSR count). The summed E-state index contributed by atoms with van der Waals surface area (Å²) in [7, 11) is 0. The van der Waals surface area contributed by atoms with Gasteiger partial charge in [-0.3, -0.25) is 4.79 Å². The molecule has 0 fully saturated rings. The second-order valence-corrected chi connectivity index (χ2v) is 6.54. The van der Waals surface area contributed by atoms with Crippen LogP contribution in [0.15, 0.2) is 54.6 Å². The average molecular weight is 320 g/mol. The zero-order valence-corrected chi connectivity index (χ0v) is 13.5. The Morgan fingerprint density at radius 1 is 1.19 bits per heavy atom. The van der Waals surface area contributed by atoms with Crippen molar-refractivity contribution in [3.63, 3.8) is 0 Å². The molecular weight excluding hydrogens is 302 g/mol. The minimum absolute atomic E-state index is 0.0442. The molecule has 0 unspecified atom stereocenters. The van der Waals surface area contributed by atoms with Gasteiger partial charge in [0.25, 0.3) is 0 Å². The third-order valence-corrected chi connectivity index (χ3v) is 4.55. The Morgan fingerprint density at radius 3 is 2.67 bits per heavy atom. The van der Waals surface area contributed by atoms with E-state index in [0.717, 1.165) is 5.56 Å². The zero-order valence-electron chi connectivity index (χ0n) is 11.9. The molecule has 0 spiro atoms. The summed E-state index contributed by atoms with van der Waals surface area (Å²) in [5.74, 6) is 0.499. The third kappa shape index (κ3) is 5.44. The monoisotopic (exact) mass is 319 g/mol. The summed E-state index contributed by atoms with van der Waals surface area (Å²) in [6.45, 7) is 2.63. The Morgan fingerprint density at radius 2 is 1.95 bits per heavy atom. The first kappa shape index (κ1) is 15.9. The summed E-state index contributed by atoms with van der Waals surface area (Å²) in [6.07, 6.45) is 0. The minimum atomic E-state index is 0.0442. The molecule has 0 heterocycles. The first-order valence-electron chi connectivity index (χ1n) is 6.83.